The van der Waals surface area contributed by atoms with Gasteiger partial charge in [0.25, 0.3) is 5.91 Å². The zero-order valence-corrected chi connectivity index (χ0v) is 14.5. The predicted molar refractivity (Wildman–Crippen MR) is 81.9 cm³/mol. The van der Waals surface area contributed by atoms with Crippen molar-refractivity contribution in [1.29, 1.82) is 0 Å². The molecule has 0 aliphatic heterocycles. The molecule has 0 bridgehead atoms. The standard InChI is InChI=1S/C13H18BrFN2O3S/c1-4-5-17(8(2)3)13(18)9-6-10(15)12(14)11(7-9)21(16,19)20/h6-8H,4-5H2,1-3H3,(H2,16,19,20). The van der Waals surface area contributed by atoms with Crippen LogP contribution in [0.25, 0.3) is 0 Å². The number of hydrogen-bond donors (Lipinski definition) is 1. The summed E-state index contributed by atoms with van der Waals surface area (Å²) in [6.45, 7) is 6.09. The maximum absolute atomic E-state index is 13.8. The lowest BCUT2D eigenvalue weighted by Gasteiger charge is -2.26. The SMILES string of the molecule is CCCN(C(=O)c1cc(F)c(Br)c(S(N)(=O)=O)c1)C(C)C. The zero-order valence-electron chi connectivity index (χ0n) is 12.1. The molecular formula is C13H18BrFN2O3S. The first-order chi connectivity index (χ1) is 9.59. The summed E-state index contributed by atoms with van der Waals surface area (Å²) in [5, 5.41) is 5.04. The second-order valence-electron chi connectivity index (χ2n) is 4.91. The molecule has 0 unspecified atom stereocenters. The van der Waals surface area contributed by atoms with E-state index in [9.17, 15) is 17.6 Å². The van der Waals surface area contributed by atoms with Crippen LogP contribution in [0.2, 0.25) is 0 Å². The van der Waals surface area contributed by atoms with Crippen LogP contribution in [0, 0.1) is 5.82 Å². The van der Waals surface area contributed by atoms with Crippen LogP contribution in [-0.2, 0) is 10.0 Å². The monoisotopic (exact) mass is 380 g/mol. The van der Waals surface area contributed by atoms with Crippen molar-refractivity contribution in [3.8, 4) is 0 Å². The first kappa shape index (κ1) is 18.1. The lowest BCUT2D eigenvalue weighted by Crippen LogP contribution is -2.37. The number of primary sulfonamides is 1. The van der Waals surface area contributed by atoms with Crippen LogP contribution in [0.1, 0.15) is 37.6 Å². The van der Waals surface area contributed by atoms with E-state index in [1.807, 2.05) is 20.8 Å². The summed E-state index contributed by atoms with van der Waals surface area (Å²) in [7, 11) is -4.13. The fourth-order valence-electron chi connectivity index (χ4n) is 1.90. The van der Waals surface area contributed by atoms with Crippen LogP contribution in [0.5, 0.6) is 0 Å². The molecule has 1 rings (SSSR count). The third-order valence-corrected chi connectivity index (χ3v) is 4.90. The van der Waals surface area contributed by atoms with Crippen LogP contribution in [0.4, 0.5) is 4.39 Å². The Morgan fingerprint density at radius 3 is 2.43 bits per heavy atom. The molecule has 0 saturated carbocycles. The van der Waals surface area contributed by atoms with Crippen molar-refractivity contribution in [2.45, 2.75) is 38.1 Å². The predicted octanol–water partition coefficient (Wildman–Crippen LogP) is 2.50. The van der Waals surface area contributed by atoms with E-state index in [0.29, 0.717) is 6.54 Å². The van der Waals surface area contributed by atoms with Crippen molar-refractivity contribution >= 4 is 31.9 Å². The van der Waals surface area contributed by atoms with Crippen LogP contribution in [0.15, 0.2) is 21.5 Å². The molecule has 0 radical (unpaired) electrons. The second-order valence-corrected chi connectivity index (χ2v) is 7.23. The molecule has 0 fully saturated rings. The number of amides is 1. The van der Waals surface area contributed by atoms with Gasteiger partial charge >= 0.3 is 0 Å². The molecule has 0 aromatic heterocycles. The molecule has 0 aliphatic rings. The molecule has 0 saturated heterocycles. The van der Waals surface area contributed by atoms with Gasteiger partial charge in [0.15, 0.2) is 0 Å². The molecule has 1 amide bonds. The Bertz CT molecular complexity index is 647. The van der Waals surface area contributed by atoms with E-state index in [4.69, 9.17) is 5.14 Å². The number of halogens is 2. The molecular weight excluding hydrogens is 363 g/mol. The maximum atomic E-state index is 13.8. The summed E-state index contributed by atoms with van der Waals surface area (Å²) in [6, 6.07) is 2.02. The van der Waals surface area contributed by atoms with E-state index < -0.39 is 26.6 Å². The fourth-order valence-corrected chi connectivity index (χ4v) is 3.44. The lowest BCUT2D eigenvalue weighted by molar-refractivity contribution is 0.0705. The first-order valence-electron chi connectivity index (χ1n) is 6.42. The molecule has 8 heteroatoms. The van der Waals surface area contributed by atoms with E-state index in [0.717, 1.165) is 18.6 Å². The summed E-state index contributed by atoms with van der Waals surface area (Å²) >= 11 is 2.84. The molecule has 0 aliphatic carbocycles. The molecule has 2 N–H and O–H groups in total. The van der Waals surface area contributed by atoms with E-state index in [2.05, 4.69) is 15.9 Å². The number of nitrogens with two attached hydrogens (primary N) is 1. The highest BCUT2D eigenvalue weighted by atomic mass is 79.9. The topological polar surface area (TPSA) is 80.5 Å². The average Bonchev–Trinajstić information content (AvgIpc) is 2.36. The van der Waals surface area contributed by atoms with Gasteiger partial charge in [-0.15, -0.1) is 0 Å². The van der Waals surface area contributed by atoms with E-state index >= 15 is 0 Å². The van der Waals surface area contributed by atoms with Gasteiger partial charge in [-0.3, -0.25) is 4.79 Å². The average molecular weight is 381 g/mol. The number of carbonyl (C=O) groups excluding carboxylic acids is 1. The molecule has 118 valence electrons. The van der Waals surface area contributed by atoms with Crippen molar-refractivity contribution in [2.24, 2.45) is 5.14 Å². The minimum Gasteiger partial charge on any atom is -0.336 e. The molecule has 5 nitrogen and oxygen atoms in total. The summed E-state index contributed by atoms with van der Waals surface area (Å²) in [5.41, 5.74) is -0.0399. The second kappa shape index (κ2) is 6.85. The van der Waals surface area contributed by atoms with E-state index in [-0.39, 0.29) is 16.1 Å². The van der Waals surface area contributed by atoms with Gasteiger partial charge in [-0.2, -0.15) is 0 Å². The Kier molecular flexibility index (Phi) is 5.89. The number of hydrogen-bond acceptors (Lipinski definition) is 3. The van der Waals surface area contributed by atoms with Gasteiger partial charge in [0, 0.05) is 18.2 Å². The quantitative estimate of drug-likeness (QED) is 0.851. The highest BCUT2D eigenvalue weighted by Gasteiger charge is 2.23. The number of rotatable bonds is 5. The van der Waals surface area contributed by atoms with E-state index in [1.54, 1.807) is 4.90 Å². The van der Waals surface area contributed by atoms with Gasteiger partial charge in [0.2, 0.25) is 10.0 Å². The van der Waals surface area contributed by atoms with Gasteiger partial charge in [-0.05, 0) is 48.3 Å². The largest absolute Gasteiger partial charge is 0.336 e. The Morgan fingerprint density at radius 2 is 2.00 bits per heavy atom. The van der Waals surface area contributed by atoms with Crippen molar-refractivity contribution in [1.82, 2.24) is 4.90 Å². The maximum Gasteiger partial charge on any atom is 0.254 e. The van der Waals surface area contributed by atoms with Crippen LogP contribution < -0.4 is 5.14 Å². The van der Waals surface area contributed by atoms with Gasteiger partial charge in [0.1, 0.15) is 5.82 Å². The third kappa shape index (κ3) is 4.24. The Morgan fingerprint density at radius 1 is 1.43 bits per heavy atom. The summed E-state index contributed by atoms with van der Waals surface area (Å²) in [4.78, 5) is 13.5. The van der Waals surface area contributed by atoms with Gasteiger partial charge in [-0.25, -0.2) is 17.9 Å². The first-order valence-corrected chi connectivity index (χ1v) is 8.76. The van der Waals surface area contributed by atoms with Crippen LogP contribution >= 0.6 is 15.9 Å². The van der Waals surface area contributed by atoms with Gasteiger partial charge < -0.3 is 4.90 Å². The highest BCUT2D eigenvalue weighted by molar-refractivity contribution is 9.10. The summed E-state index contributed by atoms with van der Waals surface area (Å²) < 4.78 is 36.5. The van der Waals surface area contributed by atoms with Crippen LogP contribution in [-0.4, -0.2) is 31.8 Å². The van der Waals surface area contributed by atoms with Gasteiger partial charge in [0.05, 0.1) is 9.37 Å². The van der Waals surface area contributed by atoms with Gasteiger partial charge in [-0.1, -0.05) is 6.92 Å². The number of sulfonamides is 1. The van der Waals surface area contributed by atoms with Crippen molar-refractivity contribution in [2.75, 3.05) is 6.54 Å². The van der Waals surface area contributed by atoms with Crippen molar-refractivity contribution < 1.29 is 17.6 Å². The number of carbonyl (C=O) groups is 1. The Hall–Kier alpha value is -0.990. The molecule has 0 atom stereocenters. The minimum absolute atomic E-state index is 0.0399. The number of nitrogens with zero attached hydrogens (tertiary/aromatic N) is 1. The zero-order chi connectivity index (χ0) is 16.4. The normalized spacial score (nSPS) is 11.8. The minimum atomic E-state index is -4.13. The smallest absolute Gasteiger partial charge is 0.254 e. The molecule has 21 heavy (non-hydrogen) atoms. The number of benzene rings is 1. The van der Waals surface area contributed by atoms with Crippen LogP contribution in [0.3, 0.4) is 0 Å². The fraction of sp³-hybridized carbons (Fsp3) is 0.462. The van der Waals surface area contributed by atoms with E-state index in [1.165, 1.54) is 0 Å². The summed E-state index contributed by atoms with van der Waals surface area (Å²) in [5.74, 6) is -1.27. The van der Waals surface area contributed by atoms with Crippen molar-refractivity contribution in [3.05, 3.63) is 28.0 Å². The molecule has 0 heterocycles. The Balaban J connectivity index is 3.38. The lowest BCUT2D eigenvalue weighted by atomic mass is 10.1. The Labute approximate surface area is 132 Å². The third-order valence-electron chi connectivity index (χ3n) is 2.90. The molecule has 1 aromatic carbocycles. The molecule has 1 aromatic rings. The summed E-state index contributed by atoms with van der Waals surface area (Å²) in [6.07, 6.45) is 0.741. The van der Waals surface area contributed by atoms with Crippen molar-refractivity contribution in [3.63, 3.8) is 0 Å². The molecule has 0 spiro atoms. The highest BCUT2D eigenvalue weighted by Crippen LogP contribution is 2.26.